The van der Waals surface area contributed by atoms with Gasteiger partial charge in [0.05, 0.1) is 5.75 Å². The Balaban J connectivity index is 2.15. The van der Waals surface area contributed by atoms with E-state index in [0.717, 1.165) is 16.9 Å². The molecule has 1 N–H and O–H groups in total. The summed E-state index contributed by atoms with van der Waals surface area (Å²) in [5, 5.41) is 2.98. The van der Waals surface area contributed by atoms with Crippen molar-refractivity contribution in [3.63, 3.8) is 0 Å². The summed E-state index contributed by atoms with van der Waals surface area (Å²) in [6.07, 6.45) is 0.582. The van der Waals surface area contributed by atoms with Crippen LogP contribution in [0.15, 0.2) is 48.5 Å². The monoisotopic (exact) mass is 426 g/mol. The van der Waals surface area contributed by atoms with Gasteiger partial charge in [-0.1, -0.05) is 61.0 Å². The number of carbonyl (C=O) groups is 2. The standard InChI is InChI=1S/C25H34N2O2S/c1-6-23(25(29)26-18(2)3)27(15-22-13-8-7-11-20(22)5)24(28)17-30-16-21-12-9-10-19(4)14-21/h7-14,18,23H,6,15-17H2,1-5H3,(H,26,29). The summed E-state index contributed by atoms with van der Waals surface area (Å²) in [5.74, 6) is 1.05. The van der Waals surface area contributed by atoms with E-state index in [0.29, 0.717) is 18.7 Å². The highest BCUT2D eigenvalue weighted by molar-refractivity contribution is 7.99. The Morgan fingerprint density at radius 2 is 1.80 bits per heavy atom. The highest BCUT2D eigenvalue weighted by Crippen LogP contribution is 2.19. The molecule has 5 heteroatoms. The van der Waals surface area contributed by atoms with Crippen molar-refractivity contribution < 1.29 is 9.59 Å². The number of hydrogen-bond acceptors (Lipinski definition) is 3. The van der Waals surface area contributed by atoms with E-state index in [1.54, 1.807) is 16.7 Å². The van der Waals surface area contributed by atoms with E-state index in [9.17, 15) is 9.59 Å². The zero-order valence-corrected chi connectivity index (χ0v) is 19.6. The molecule has 0 saturated heterocycles. The van der Waals surface area contributed by atoms with E-state index in [1.807, 2.05) is 58.0 Å². The minimum atomic E-state index is -0.473. The summed E-state index contributed by atoms with van der Waals surface area (Å²) in [7, 11) is 0. The molecule has 1 atom stereocenters. The first-order valence-corrected chi connectivity index (χ1v) is 11.7. The maximum atomic E-state index is 13.2. The molecule has 2 aromatic rings. The van der Waals surface area contributed by atoms with Crippen molar-refractivity contribution in [1.29, 1.82) is 0 Å². The highest BCUT2D eigenvalue weighted by atomic mass is 32.2. The minimum Gasteiger partial charge on any atom is -0.352 e. The van der Waals surface area contributed by atoms with Crippen molar-refractivity contribution in [1.82, 2.24) is 10.2 Å². The van der Waals surface area contributed by atoms with Crippen LogP contribution in [0.3, 0.4) is 0 Å². The van der Waals surface area contributed by atoms with Gasteiger partial charge in [-0.15, -0.1) is 11.8 Å². The van der Waals surface area contributed by atoms with Crippen molar-refractivity contribution in [2.45, 2.75) is 65.4 Å². The summed E-state index contributed by atoms with van der Waals surface area (Å²) >= 11 is 1.60. The summed E-state index contributed by atoms with van der Waals surface area (Å²) in [4.78, 5) is 27.8. The van der Waals surface area contributed by atoms with Gasteiger partial charge in [0.1, 0.15) is 6.04 Å². The maximum Gasteiger partial charge on any atom is 0.243 e. The molecule has 0 fully saturated rings. The van der Waals surface area contributed by atoms with Gasteiger partial charge in [-0.2, -0.15) is 0 Å². The average Bonchev–Trinajstić information content (AvgIpc) is 2.68. The van der Waals surface area contributed by atoms with Gasteiger partial charge < -0.3 is 10.2 Å². The molecule has 0 radical (unpaired) electrons. The molecule has 0 aliphatic heterocycles. The van der Waals surface area contributed by atoms with Gasteiger partial charge in [-0.3, -0.25) is 9.59 Å². The van der Waals surface area contributed by atoms with Gasteiger partial charge in [0.2, 0.25) is 11.8 Å². The molecule has 0 saturated carbocycles. The molecule has 162 valence electrons. The molecule has 0 aliphatic rings. The number of amides is 2. The van der Waals surface area contributed by atoms with Crippen LogP contribution in [-0.2, 0) is 21.9 Å². The molecule has 0 heterocycles. The number of carbonyl (C=O) groups excluding carboxylic acids is 2. The molecule has 2 rings (SSSR count). The van der Waals surface area contributed by atoms with E-state index in [2.05, 4.69) is 30.4 Å². The molecule has 0 aromatic heterocycles. The number of thioether (sulfide) groups is 1. The third kappa shape index (κ3) is 7.21. The van der Waals surface area contributed by atoms with Crippen LogP contribution >= 0.6 is 11.8 Å². The van der Waals surface area contributed by atoms with E-state index < -0.39 is 6.04 Å². The van der Waals surface area contributed by atoms with Gasteiger partial charge in [0.25, 0.3) is 0 Å². The molecule has 1 unspecified atom stereocenters. The predicted molar refractivity (Wildman–Crippen MR) is 126 cm³/mol. The summed E-state index contributed by atoms with van der Waals surface area (Å²) in [6, 6.07) is 16.0. The number of aryl methyl sites for hydroxylation is 2. The quantitative estimate of drug-likeness (QED) is 0.590. The Hall–Kier alpha value is -2.27. The molecule has 2 aromatic carbocycles. The van der Waals surface area contributed by atoms with Crippen molar-refractivity contribution in [2.24, 2.45) is 0 Å². The molecule has 2 amide bonds. The van der Waals surface area contributed by atoms with Gasteiger partial charge in [-0.05, 0) is 50.8 Å². The first-order valence-electron chi connectivity index (χ1n) is 10.6. The van der Waals surface area contributed by atoms with Gasteiger partial charge >= 0.3 is 0 Å². The van der Waals surface area contributed by atoms with Crippen molar-refractivity contribution >= 4 is 23.6 Å². The lowest BCUT2D eigenvalue weighted by atomic mass is 10.1. The maximum absolute atomic E-state index is 13.2. The fraction of sp³-hybridized carbons (Fsp3) is 0.440. The van der Waals surface area contributed by atoms with Crippen LogP contribution in [0.1, 0.15) is 49.4 Å². The number of benzene rings is 2. The van der Waals surface area contributed by atoms with E-state index >= 15 is 0 Å². The number of nitrogens with zero attached hydrogens (tertiary/aromatic N) is 1. The predicted octanol–water partition coefficient (Wildman–Crippen LogP) is 4.87. The second kappa shape index (κ2) is 11.8. The average molecular weight is 427 g/mol. The Morgan fingerprint density at radius 3 is 2.43 bits per heavy atom. The number of hydrogen-bond donors (Lipinski definition) is 1. The van der Waals surface area contributed by atoms with Crippen molar-refractivity contribution in [2.75, 3.05) is 5.75 Å². The minimum absolute atomic E-state index is 0.00154. The number of nitrogens with one attached hydrogen (secondary N) is 1. The molecule has 4 nitrogen and oxygen atoms in total. The highest BCUT2D eigenvalue weighted by Gasteiger charge is 2.29. The smallest absolute Gasteiger partial charge is 0.243 e. The molecular weight excluding hydrogens is 392 g/mol. The lowest BCUT2D eigenvalue weighted by Crippen LogP contribution is -2.51. The van der Waals surface area contributed by atoms with E-state index in [1.165, 1.54) is 11.1 Å². The van der Waals surface area contributed by atoms with Crippen LogP contribution in [0, 0.1) is 13.8 Å². The van der Waals surface area contributed by atoms with Crippen LogP contribution in [-0.4, -0.2) is 34.6 Å². The first kappa shape index (κ1) is 24.0. The molecule has 0 spiro atoms. The van der Waals surface area contributed by atoms with Crippen LogP contribution in [0.5, 0.6) is 0 Å². The molecule has 0 aliphatic carbocycles. The Kier molecular flexibility index (Phi) is 9.44. The van der Waals surface area contributed by atoms with Crippen LogP contribution in [0.4, 0.5) is 0 Å². The first-order chi connectivity index (χ1) is 14.3. The van der Waals surface area contributed by atoms with E-state index in [-0.39, 0.29) is 17.9 Å². The van der Waals surface area contributed by atoms with Crippen molar-refractivity contribution in [3.8, 4) is 0 Å². The summed E-state index contributed by atoms with van der Waals surface area (Å²) < 4.78 is 0. The number of rotatable bonds is 10. The lowest BCUT2D eigenvalue weighted by molar-refractivity contribution is -0.139. The van der Waals surface area contributed by atoms with Crippen LogP contribution in [0.2, 0.25) is 0 Å². The molecular formula is C25H34N2O2S. The second-order valence-corrected chi connectivity index (χ2v) is 9.00. The van der Waals surface area contributed by atoms with Crippen molar-refractivity contribution in [3.05, 3.63) is 70.8 Å². The molecule has 30 heavy (non-hydrogen) atoms. The van der Waals surface area contributed by atoms with Gasteiger partial charge in [0.15, 0.2) is 0 Å². The third-order valence-electron chi connectivity index (χ3n) is 5.00. The fourth-order valence-electron chi connectivity index (χ4n) is 3.41. The second-order valence-electron chi connectivity index (χ2n) is 8.02. The largest absolute Gasteiger partial charge is 0.352 e. The van der Waals surface area contributed by atoms with Gasteiger partial charge in [0, 0.05) is 18.3 Å². The lowest BCUT2D eigenvalue weighted by Gasteiger charge is -2.31. The summed E-state index contributed by atoms with van der Waals surface area (Å²) in [6.45, 7) is 10.4. The zero-order valence-electron chi connectivity index (χ0n) is 18.8. The van der Waals surface area contributed by atoms with Crippen LogP contribution < -0.4 is 5.32 Å². The summed E-state index contributed by atoms with van der Waals surface area (Å²) in [5.41, 5.74) is 4.63. The zero-order chi connectivity index (χ0) is 22.1. The fourth-order valence-corrected chi connectivity index (χ4v) is 4.27. The normalized spacial score (nSPS) is 11.9. The SMILES string of the molecule is CCC(C(=O)NC(C)C)N(Cc1ccccc1C)C(=O)CSCc1cccc(C)c1. The Morgan fingerprint density at radius 1 is 1.07 bits per heavy atom. The Labute approximate surface area is 185 Å². The Bertz CT molecular complexity index is 851. The topological polar surface area (TPSA) is 49.4 Å². The van der Waals surface area contributed by atoms with E-state index in [4.69, 9.17) is 0 Å². The van der Waals surface area contributed by atoms with Gasteiger partial charge in [-0.25, -0.2) is 0 Å². The van der Waals surface area contributed by atoms with Crippen LogP contribution in [0.25, 0.3) is 0 Å². The third-order valence-corrected chi connectivity index (χ3v) is 5.98. The molecule has 0 bridgehead atoms.